The fraction of sp³-hybridized carbons (Fsp3) is 0.0909. The summed E-state index contributed by atoms with van der Waals surface area (Å²) < 4.78 is 0. The topological polar surface area (TPSA) is 26.0 Å². The van der Waals surface area contributed by atoms with Gasteiger partial charge in [0, 0.05) is 11.3 Å². The van der Waals surface area contributed by atoms with Gasteiger partial charge in [-0.3, -0.25) is 0 Å². The average Bonchev–Trinajstić information content (AvgIpc) is 2.57. The van der Waals surface area contributed by atoms with Crippen molar-refractivity contribution in [1.29, 1.82) is 0 Å². The van der Waals surface area contributed by atoms with Crippen molar-refractivity contribution in [2.75, 3.05) is 5.73 Å². The molecule has 1 nitrogen and oxygen atoms in total. The molecule has 23 heavy (non-hydrogen) atoms. The fourth-order valence-electron chi connectivity index (χ4n) is 2.84. The molecule has 3 aromatic rings. The third-order valence-corrected chi connectivity index (χ3v) is 3.99. The summed E-state index contributed by atoms with van der Waals surface area (Å²) >= 11 is 0. The number of nitrogen functional groups attached to an aromatic ring is 1. The van der Waals surface area contributed by atoms with Crippen LogP contribution in [-0.2, 0) is 0 Å². The minimum absolute atomic E-state index is 0.827. The molecule has 0 amide bonds. The molecule has 0 saturated heterocycles. The smallest absolute Gasteiger partial charge is 0.0467 e. The number of hydrogen-bond donors (Lipinski definition) is 1. The molecular weight excluding hydrogens is 278 g/mol. The Kier molecular flexibility index (Phi) is 4.29. The van der Waals surface area contributed by atoms with Crippen molar-refractivity contribution in [1.82, 2.24) is 0 Å². The van der Waals surface area contributed by atoms with Crippen molar-refractivity contribution >= 4 is 11.8 Å². The number of rotatable bonds is 3. The molecule has 0 aliphatic rings. The summed E-state index contributed by atoms with van der Waals surface area (Å²) in [6.07, 6.45) is 4.10. The zero-order valence-electron chi connectivity index (χ0n) is 13.6. The van der Waals surface area contributed by atoms with Gasteiger partial charge in [-0.25, -0.2) is 0 Å². The minimum Gasteiger partial charge on any atom is -0.398 e. The van der Waals surface area contributed by atoms with Crippen molar-refractivity contribution < 1.29 is 0 Å². The van der Waals surface area contributed by atoms with Gasteiger partial charge in [-0.2, -0.15) is 0 Å². The number of nitrogens with two attached hydrogens (primary N) is 1. The highest BCUT2D eigenvalue weighted by Crippen LogP contribution is 2.35. The molecule has 0 radical (unpaired) electrons. The molecule has 3 aromatic carbocycles. The maximum atomic E-state index is 6.45. The van der Waals surface area contributed by atoms with Crippen LogP contribution in [0.5, 0.6) is 0 Å². The highest BCUT2D eigenvalue weighted by Gasteiger charge is 2.10. The Hall–Kier alpha value is -2.80. The van der Waals surface area contributed by atoms with Gasteiger partial charge in [0.15, 0.2) is 0 Å². The van der Waals surface area contributed by atoms with Crippen molar-refractivity contribution in [3.05, 3.63) is 83.9 Å². The van der Waals surface area contributed by atoms with Crippen LogP contribution in [0, 0.1) is 6.92 Å². The first kappa shape index (κ1) is 15.1. The van der Waals surface area contributed by atoms with E-state index in [9.17, 15) is 0 Å². The van der Waals surface area contributed by atoms with Gasteiger partial charge < -0.3 is 5.73 Å². The molecule has 0 spiro atoms. The summed E-state index contributed by atoms with van der Waals surface area (Å²) in [6, 6.07) is 23.2. The predicted molar refractivity (Wildman–Crippen MR) is 101 cm³/mol. The third-order valence-electron chi connectivity index (χ3n) is 3.99. The van der Waals surface area contributed by atoms with Crippen LogP contribution in [0.25, 0.3) is 28.3 Å². The van der Waals surface area contributed by atoms with E-state index in [0.29, 0.717) is 0 Å². The molecule has 0 aliphatic carbocycles. The molecule has 1 heteroatoms. The zero-order valence-corrected chi connectivity index (χ0v) is 13.6. The zero-order chi connectivity index (χ0) is 16.2. The molecule has 114 valence electrons. The van der Waals surface area contributed by atoms with Crippen LogP contribution in [0.3, 0.4) is 0 Å². The van der Waals surface area contributed by atoms with Crippen LogP contribution in [0.15, 0.2) is 72.8 Å². The Morgan fingerprint density at radius 3 is 2.22 bits per heavy atom. The Labute approximate surface area is 138 Å². The number of anilines is 1. The monoisotopic (exact) mass is 299 g/mol. The van der Waals surface area contributed by atoms with Crippen molar-refractivity contribution in [2.24, 2.45) is 0 Å². The van der Waals surface area contributed by atoms with E-state index in [1.54, 1.807) is 0 Å². The van der Waals surface area contributed by atoms with Crippen LogP contribution < -0.4 is 5.73 Å². The van der Waals surface area contributed by atoms with E-state index in [4.69, 9.17) is 5.73 Å². The Morgan fingerprint density at radius 2 is 1.52 bits per heavy atom. The summed E-state index contributed by atoms with van der Waals surface area (Å²) in [4.78, 5) is 0. The molecule has 0 heterocycles. The molecule has 0 saturated carbocycles. The van der Waals surface area contributed by atoms with Crippen molar-refractivity contribution in [2.45, 2.75) is 13.8 Å². The second-order valence-electron chi connectivity index (χ2n) is 5.76. The van der Waals surface area contributed by atoms with E-state index in [2.05, 4.69) is 73.7 Å². The van der Waals surface area contributed by atoms with Crippen molar-refractivity contribution in [3.63, 3.8) is 0 Å². The number of aryl methyl sites for hydroxylation is 1. The maximum Gasteiger partial charge on any atom is 0.0467 e. The Bertz CT molecular complexity index is 845. The minimum atomic E-state index is 0.827. The Morgan fingerprint density at radius 1 is 0.783 bits per heavy atom. The van der Waals surface area contributed by atoms with E-state index in [1.807, 2.05) is 19.1 Å². The van der Waals surface area contributed by atoms with Crippen LogP contribution in [-0.4, -0.2) is 0 Å². The molecule has 3 rings (SSSR count). The number of benzene rings is 3. The van der Waals surface area contributed by atoms with E-state index in [0.717, 1.165) is 22.4 Å². The molecule has 2 N–H and O–H groups in total. The SMILES string of the molecule is C/C=C\c1cc(-c2ccccc2)cc(-c2cccc(C)c2)c1N. The fourth-order valence-corrected chi connectivity index (χ4v) is 2.84. The van der Waals surface area contributed by atoms with Gasteiger partial charge in [0.1, 0.15) is 0 Å². The summed E-state index contributed by atoms with van der Waals surface area (Å²) in [5, 5.41) is 0. The first-order chi connectivity index (χ1) is 11.2. The summed E-state index contributed by atoms with van der Waals surface area (Å²) in [6.45, 7) is 4.12. The second-order valence-corrected chi connectivity index (χ2v) is 5.76. The number of allylic oxidation sites excluding steroid dienone is 1. The van der Waals surface area contributed by atoms with Gasteiger partial charge in [0.25, 0.3) is 0 Å². The van der Waals surface area contributed by atoms with Gasteiger partial charge in [-0.05, 0) is 48.2 Å². The molecule has 0 bridgehead atoms. The average molecular weight is 299 g/mol. The van der Waals surface area contributed by atoms with E-state index in [1.165, 1.54) is 16.7 Å². The number of hydrogen-bond acceptors (Lipinski definition) is 1. The predicted octanol–water partition coefficient (Wildman–Crippen LogP) is 5.94. The largest absolute Gasteiger partial charge is 0.398 e. The van der Waals surface area contributed by atoms with Crippen LogP contribution in [0.2, 0.25) is 0 Å². The van der Waals surface area contributed by atoms with Gasteiger partial charge in [-0.15, -0.1) is 0 Å². The second kappa shape index (κ2) is 6.53. The summed E-state index contributed by atoms with van der Waals surface area (Å²) in [7, 11) is 0. The molecule has 0 atom stereocenters. The lowest BCUT2D eigenvalue weighted by Crippen LogP contribution is -1.95. The van der Waals surface area contributed by atoms with E-state index >= 15 is 0 Å². The standard InChI is InChI=1S/C22H21N/c1-3-8-19-14-20(17-10-5-4-6-11-17)15-21(22(19)23)18-12-7-9-16(2)13-18/h3-15H,23H2,1-2H3/b8-3-. The lowest BCUT2D eigenvalue weighted by molar-refractivity contribution is 1.46. The summed E-state index contributed by atoms with van der Waals surface area (Å²) in [5.41, 5.74) is 14.2. The highest BCUT2D eigenvalue weighted by atomic mass is 14.6. The highest BCUT2D eigenvalue weighted by molar-refractivity contribution is 5.88. The quantitative estimate of drug-likeness (QED) is 0.595. The van der Waals surface area contributed by atoms with Gasteiger partial charge >= 0.3 is 0 Å². The third kappa shape index (κ3) is 3.19. The van der Waals surface area contributed by atoms with Crippen LogP contribution in [0.1, 0.15) is 18.1 Å². The normalized spacial score (nSPS) is 11.0. The van der Waals surface area contributed by atoms with Crippen LogP contribution >= 0.6 is 0 Å². The first-order valence-electron chi connectivity index (χ1n) is 7.87. The molecular formula is C22H21N. The van der Waals surface area contributed by atoms with Gasteiger partial charge in [0.05, 0.1) is 0 Å². The molecule has 0 aromatic heterocycles. The molecule has 0 unspecified atom stereocenters. The molecule has 0 fully saturated rings. The van der Waals surface area contributed by atoms with E-state index < -0.39 is 0 Å². The van der Waals surface area contributed by atoms with Gasteiger partial charge in [-0.1, -0.05) is 72.3 Å². The summed E-state index contributed by atoms with van der Waals surface area (Å²) in [5.74, 6) is 0. The lowest BCUT2D eigenvalue weighted by Gasteiger charge is -2.13. The Balaban J connectivity index is 2.24. The van der Waals surface area contributed by atoms with E-state index in [-0.39, 0.29) is 0 Å². The molecule has 0 aliphatic heterocycles. The maximum absolute atomic E-state index is 6.45. The van der Waals surface area contributed by atoms with Gasteiger partial charge in [0.2, 0.25) is 0 Å². The van der Waals surface area contributed by atoms with Crippen molar-refractivity contribution in [3.8, 4) is 22.3 Å². The lowest BCUT2D eigenvalue weighted by atomic mass is 9.93. The first-order valence-corrected chi connectivity index (χ1v) is 7.87. The van der Waals surface area contributed by atoms with Crippen LogP contribution in [0.4, 0.5) is 5.69 Å².